The second-order valence-corrected chi connectivity index (χ2v) is 14.1. The van der Waals surface area contributed by atoms with Gasteiger partial charge in [0.1, 0.15) is 12.1 Å². The van der Waals surface area contributed by atoms with Gasteiger partial charge in [-0.3, -0.25) is 4.79 Å². The van der Waals surface area contributed by atoms with Crippen molar-refractivity contribution in [2.24, 2.45) is 5.92 Å². The van der Waals surface area contributed by atoms with Crippen molar-refractivity contribution in [2.75, 3.05) is 37.8 Å². The first-order valence-corrected chi connectivity index (χ1v) is 18.4. The van der Waals surface area contributed by atoms with Gasteiger partial charge < -0.3 is 39.8 Å². The molecule has 3 aliphatic heterocycles. The minimum Gasteiger partial charge on any atom is -0.445 e. The van der Waals surface area contributed by atoms with Crippen LogP contribution in [0, 0.1) is 5.92 Å². The quantitative estimate of drug-likeness (QED) is 0.151. The number of alkyl carbamates (subject to hydrolysis) is 1. The van der Waals surface area contributed by atoms with Crippen LogP contribution >= 0.6 is 0 Å². The molecular weight excluding hydrogens is 668 g/mol. The molecule has 3 aliphatic rings. The van der Waals surface area contributed by atoms with E-state index in [-0.39, 0.29) is 37.2 Å². The molecule has 4 atom stereocenters. The molecule has 0 aliphatic carbocycles. The summed E-state index contributed by atoms with van der Waals surface area (Å²) in [6.45, 7) is 9.01. The number of nitrogens with zero attached hydrogens (tertiary/aromatic N) is 2. The lowest BCUT2D eigenvalue weighted by Crippen LogP contribution is -2.57. The third-order valence-electron chi connectivity index (χ3n) is 10.8. The maximum Gasteiger partial charge on any atom is 0.407 e. The number of anilines is 1. The molecule has 276 valence electrons. The summed E-state index contributed by atoms with van der Waals surface area (Å²) in [4.78, 5) is 30.0. The molecule has 10 nitrogen and oxygen atoms in total. The molecule has 53 heavy (non-hydrogen) atoms. The average Bonchev–Trinajstić information content (AvgIpc) is 3.52. The van der Waals surface area contributed by atoms with E-state index in [1.54, 1.807) is 0 Å². The molecule has 4 aromatic rings. The summed E-state index contributed by atoms with van der Waals surface area (Å²) in [5, 5.41) is 15.6. The zero-order valence-electron chi connectivity index (χ0n) is 30.2. The van der Waals surface area contributed by atoms with E-state index in [2.05, 4.69) is 64.3 Å². The molecule has 4 unspecified atom stereocenters. The van der Waals surface area contributed by atoms with Gasteiger partial charge in [0.05, 0.1) is 25.5 Å². The number of hydrogen-bond acceptors (Lipinski definition) is 8. The van der Waals surface area contributed by atoms with Crippen LogP contribution in [0.25, 0.3) is 11.1 Å². The summed E-state index contributed by atoms with van der Waals surface area (Å²) in [5.41, 5.74) is 6.26. The van der Waals surface area contributed by atoms with Crippen LogP contribution in [0.5, 0.6) is 0 Å². The lowest BCUT2D eigenvalue weighted by molar-refractivity contribution is -0.276. The van der Waals surface area contributed by atoms with Crippen molar-refractivity contribution >= 4 is 17.7 Å². The van der Waals surface area contributed by atoms with Crippen molar-refractivity contribution in [1.82, 2.24) is 15.5 Å². The molecular formula is C43H48N4O6. The van der Waals surface area contributed by atoms with Gasteiger partial charge in [-0.2, -0.15) is 0 Å². The topological polar surface area (TPSA) is 113 Å². The summed E-state index contributed by atoms with van der Waals surface area (Å²) in [6.07, 6.45) is 1.50. The van der Waals surface area contributed by atoms with Crippen molar-refractivity contribution in [3.8, 4) is 11.1 Å². The van der Waals surface area contributed by atoms with E-state index in [1.165, 1.54) is 6.08 Å². The lowest BCUT2D eigenvalue weighted by atomic mass is 9.84. The Morgan fingerprint density at radius 2 is 1.68 bits per heavy atom. The van der Waals surface area contributed by atoms with Crippen LogP contribution in [-0.4, -0.2) is 66.6 Å². The Morgan fingerprint density at radius 3 is 2.42 bits per heavy atom. The van der Waals surface area contributed by atoms with Crippen molar-refractivity contribution in [2.45, 2.75) is 57.0 Å². The fourth-order valence-electron chi connectivity index (χ4n) is 7.81. The smallest absolute Gasteiger partial charge is 0.407 e. The van der Waals surface area contributed by atoms with Crippen molar-refractivity contribution < 1.29 is 28.9 Å². The third kappa shape index (κ3) is 8.01. The lowest BCUT2D eigenvalue weighted by Gasteiger charge is -2.46. The number of aliphatic hydroxyl groups is 1. The summed E-state index contributed by atoms with van der Waals surface area (Å²) in [7, 11) is 0. The Labute approximate surface area is 311 Å². The van der Waals surface area contributed by atoms with Crippen molar-refractivity contribution in [3.05, 3.63) is 138 Å². The number of likely N-dealkylation sites (tertiary alicyclic amines) is 1. The van der Waals surface area contributed by atoms with E-state index >= 15 is 0 Å². The molecule has 0 radical (unpaired) electrons. The van der Waals surface area contributed by atoms with Crippen molar-refractivity contribution in [1.29, 1.82) is 0 Å². The van der Waals surface area contributed by atoms with Gasteiger partial charge >= 0.3 is 6.09 Å². The van der Waals surface area contributed by atoms with Gasteiger partial charge in [0.2, 0.25) is 5.91 Å². The number of carbonyl (C=O) groups is 2. The van der Waals surface area contributed by atoms with Gasteiger partial charge in [0.25, 0.3) is 0 Å². The monoisotopic (exact) mass is 716 g/mol. The minimum absolute atomic E-state index is 0.0185. The highest BCUT2D eigenvalue weighted by Crippen LogP contribution is 2.43. The number of piperidine rings is 1. The Bertz CT molecular complexity index is 1880. The molecule has 3 fully saturated rings. The van der Waals surface area contributed by atoms with Crippen LogP contribution in [0.2, 0.25) is 0 Å². The van der Waals surface area contributed by atoms with Crippen molar-refractivity contribution in [3.63, 3.8) is 0 Å². The number of carbonyl (C=O) groups excluding carboxylic acids is 2. The van der Waals surface area contributed by atoms with Crippen LogP contribution in [0.15, 0.2) is 116 Å². The normalized spacial score (nSPS) is 22.7. The minimum atomic E-state index is -0.617. The highest BCUT2D eigenvalue weighted by Gasteiger charge is 2.51. The third-order valence-corrected chi connectivity index (χ3v) is 10.8. The van der Waals surface area contributed by atoms with Crippen LogP contribution in [-0.2, 0) is 32.2 Å². The first-order valence-electron chi connectivity index (χ1n) is 18.4. The van der Waals surface area contributed by atoms with Crippen LogP contribution in [0.3, 0.4) is 0 Å². The maximum absolute atomic E-state index is 13.3. The number of hydrogen-bond donors (Lipinski definition) is 3. The molecule has 10 heteroatoms. The fraction of sp³-hybridized carbons (Fsp3) is 0.349. The Kier molecular flexibility index (Phi) is 11.2. The number of nitrogens with one attached hydrogen (secondary N) is 2. The summed E-state index contributed by atoms with van der Waals surface area (Å²) >= 11 is 0. The molecule has 4 aromatic carbocycles. The summed E-state index contributed by atoms with van der Waals surface area (Å²) < 4.78 is 18.7. The molecule has 7 rings (SSSR count). The van der Waals surface area contributed by atoms with Crippen LogP contribution < -0.4 is 15.5 Å². The molecule has 3 heterocycles. The van der Waals surface area contributed by atoms with Gasteiger partial charge in [-0.25, -0.2) is 4.79 Å². The average molecular weight is 717 g/mol. The summed E-state index contributed by atoms with van der Waals surface area (Å²) in [6, 6.07) is 34.4. The van der Waals surface area contributed by atoms with E-state index in [4.69, 9.17) is 14.2 Å². The Hall–Kier alpha value is -5.00. The van der Waals surface area contributed by atoms with Gasteiger partial charge in [-0.05, 0) is 64.9 Å². The number of benzene rings is 4. The van der Waals surface area contributed by atoms with Crippen LogP contribution in [0.4, 0.5) is 10.5 Å². The molecule has 0 saturated carbocycles. The fourth-order valence-corrected chi connectivity index (χ4v) is 7.81. The molecule has 2 amide bonds. The largest absolute Gasteiger partial charge is 0.445 e. The zero-order valence-corrected chi connectivity index (χ0v) is 30.2. The first kappa shape index (κ1) is 36.4. The predicted octanol–water partition coefficient (Wildman–Crippen LogP) is 6.48. The van der Waals surface area contributed by atoms with E-state index in [0.717, 1.165) is 65.0 Å². The Morgan fingerprint density at radius 1 is 0.943 bits per heavy atom. The van der Waals surface area contributed by atoms with Gasteiger partial charge in [-0.1, -0.05) is 98.4 Å². The van der Waals surface area contributed by atoms with Crippen LogP contribution in [0.1, 0.15) is 54.4 Å². The molecule has 0 aromatic heterocycles. The first-order chi connectivity index (χ1) is 25.9. The van der Waals surface area contributed by atoms with Gasteiger partial charge in [0.15, 0.2) is 6.29 Å². The van der Waals surface area contributed by atoms with E-state index < -0.39 is 17.9 Å². The second kappa shape index (κ2) is 16.3. The zero-order chi connectivity index (χ0) is 36.8. The number of amides is 2. The summed E-state index contributed by atoms with van der Waals surface area (Å²) in [5.74, 6) is 0.138. The van der Waals surface area contributed by atoms with Gasteiger partial charge in [-0.15, -0.1) is 0 Å². The maximum atomic E-state index is 13.3. The number of ether oxygens (including phenoxy) is 3. The van der Waals surface area contributed by atoms with E-state index in [0.29, 0.717) is 19.8 Å². The highest BCUT2D eigenvalue weighted by molar-refractivity contribution is 5.93. The standard InChI is InChI=1S/C43H48N4O6/c1-3-23-51-42(50)44-26-32-9-7-10-34(24-32)35-11-8-12-36(25-35)40-52-38(30(2)39(53-40)33-17-15-31(28-48)16-18-33)27-46-21-19-43(20-22-46)41(49)45-29-47(43)37-13-5-4-6-14-37/h3-18,24-25,30,38-40,48H,1,19-23,26-29H2,2H3,(H,44,50)(H,45,49). The molecule has 0 bridgehead atoms. The number of para-hydroxylation sites is 1. The van der Waals surface area contributed by atoms with E-state index in [1.807, 2.05) is 72.8 Å². The van der Waals surface area contributed by atoms with E-state index in [9.17, 15) is 14.7 Å². The molecule has 3 saturated heterocycles. The highest BCUT2D eigenvalue weighted by atomic mass is 16.7. The predicted molar refractivity (Wildman–Crippen MR) is 204 cm³/mol. The second-order valence-electron chi connectivity index (χ2n) is 14.1. The number of rotatable bonds is 11. The Balaban J connectivity index is 1.09. The number of aliphatic hydroxyl groups excluding tert-OH is 1. The molecule has 1 spiro atoms. The molecule has 3 N–H and O–H groups in total. The SMILES string of the molecule is C=CCOC(=O)NCc1cccc(-c2cccc(C3OC(CN4CCC5(CC4)C(=O)NCN5c4ccccc4)C(C)C(c4ccc(CO)cc4)O3)c2)c1. The van der Waals surface area contributed by atoms with Gasteiger partial charge in [0, 0.05) is 43.3 Å².